The Hall–Kier alpha value is -0.790. The van der Waals surface area contributed by atoms with Gasteiger partial charge in [0.05, 0.1) is 0 Å². The lowest BCUT2D eigenvalue weighted by Gasteiger charge is -2.54. The van der Waals surface area contributed by atoms with E-state index in [0.717, 1.165) is 60.2 Å². The molecule has 182 valence electrons. The van der Waals surface area contributed by atoms with E-state index < -0.39 is 0 Å². The number of carbonyl (C=O) groups is 1. The van der Waals surface area contributed by atoms with Gasteiger partial charge in [-0.3, -0.25) is 4.79 Å². The van der Waals surface area contributed by atoms with Crippen LogP contribution in [0.4, 0.5) is 0 Å². The fourth-order valence-corrected chi connectivity index (χ4v) is 9.23. The van der Waals surface area contributed by atoms with Crippen molar-refractivity contribution in [2.75, 3.05) is 0 Å². The molecule has 3 saturated carbocycles. The molecule has 0 saturated heterocycles. The highest BCUT2D eigenvalue weighted by Gasteiger charge is 2.56. The van der Waals surface area contributed by atoms with Crippen molar-refractivity contribution < 1.29 is 9.53 Å². The second-order valence-electron chi connectivity index (χ2n) is 12.8. The number of hydrogen-bond acceptors (Lipinski definition) is 2. The smallest absolute Gasteiger partial charge is 0.302 e. The zero-order chi connectivity index (χ0) is 23.0. The van der Waals surface area contributed by atoms with Gasteiger partial charge in [0.1, 0.15) is 6.10 Å². The van der Waals surface area contributed by atoms with Crippen LogP contribution in [0.2, 0.25) is 0 Å². The van der Waals surface area contributed by atoms with Gasteiger partial charge >= 0.3 is 5.97 Å². The standard InChI is InChI=1S/C30H50O2/c1-7-22(19(2)3)9-8-20(4)28-14-15-29-27-12-10-23-18-24(32-21(5)31)11-13-25(23)26(27)16-17-30(28,29)6/h10,19-20,22,24-29H,7-9,11-18H2,1-6H3. The SMILES string of the molecule is CCC(CCC(C)C1CCC2C3CC=C4CC(OC(C)=O)CCC4C3CCC12C)C(C)C. The molecule has 0 heterocycles. The summed E-state index contributed by atoms with van der Waals surface area (Å²) in [5.41, 5.74) is 2.20. The summed E-state index contributed by atoms with van der Waals surface area (Å²) in [7, 11) is 0. The van der Waals surface area contributed by atoms with E-state index in [1.165, 1.54) is 57.8 Å². The number of allylic oxidation sites excluding steroid dienone is 1. The maximum absolute atomic E-state index is 11.4. The average Bonchev–Trinajstić information content (AvgIpc) is 3.10. The number of rotatable bonds is 7. The highest BCUT2D eigenvalue weighted by molar-refractivity contribution is 5.66. The summed E-state index contributed by atoms with van der Waals surface area (Å²) >= 11 is 0. The Morgan fingerprint density at radius 3 is 2.56 bits per heavy atom. The van der Waals surface area contributed by atoms with Crippen LogP contribution in [0, 0.1) is 52.8 Å². The van der Waals surface area contributed by atoms with Crippen LogP contribution in [-0.4, -0.2) is 12.1 Å². The third kappa shape index (κ3) is 4.58. The third-order valence-electron chi connectivity index (χ3n) is 11.0. The molecule has 0 amide bonds. The Morgan fingerprint density at radius 1 is 1.09 bits per heavy atom. The molecule has 0 aliphatic heterocycles. The van der Waals surface area contributed by atoms with Gasteiger partial charge in [-0.25, -0.2) is 0 Å². The molecule has 0 N–H and O–H groups in total. The molecule has 0 radical (unpaired) electrons. The number of ether oxygens (including phenoxy) is 1. The van der Waals surface area contributed by atoms with Crippen LogP contribution in [0.3, 0.4) is 0 Å². The van der Waals surface area contributed by atoms with E-state index in [1.807, 2.05) is 0 Å². The maximum Gasteiger partial charge on any atom is 0.302 e. The van der Waals surface area contributed by atoms with E-state index in [0.29, 0.717) is 5.41 Å². The minimum atomic E-state index is -0.110. The molecule has 9 unspecified atom stereocenters. The van der Waals surface area contributed by atoms with Crippen molar-refractivity contribution in [3.05, 3.63) is 11.6 Å². The van der Waals surface area contributed by atoms with E-state index in [-0.39, 0.29) is 12.1 Å². The predicted octanol–water partition coefficient (Wildman–Crippen LogP) is 8.21. The van der Waals surface area contributed by atoms with Crippen molar-refractivity contribution in [3.63, 3.8) is 0 Å². The van der Waals surface area contributed by atoms with Crippen molar-refractivity contribution in [2.45, 2.75) is 118 Å². The van der Waals surface area contributed by atoms with Gasteiger partial charge in [0, 0.05) is 13.3 Å². The number of esters is 1. The van der Waals surface area contributed by atoms with E-state index in [9.17, 15) is 4.79 Å². The molecular weight excluding hydrogens is 392 g/mol. The van der Waals surface area contributed by atoms with Gasteiger partial charge in [0.25, 0.3) is 0 Å². The van der Waals surface area contributed by atoms with Gasteiger partial charge in [0.15, 0.2) is 0 Å². The molecule has 0 aromatic carbocycles. The number of carbonyl (C=O) groups excluding carboxylic acids is 1. The monoisotopic (exact) mass is 442 g/mol. The molecule has 9 atom stereocenters. The van der Waals surface area contributed by atoms with Crippen LogP contribution in [0.1, 0.15) is 112 Å². The lowest BCUT2D eigenvalue weighted by atomic mass is 9.51. The quantitative estimate of drug-likeness (QED) is 0.293. The lowest BCUT2D eigenvalue weighted by molar-refractivity contribution is -0.147. The van der Waals surface area contributed by atoms with Crippen LogP contribution < -0.4 is 0 Å². The lowest BCUT2D eigenvalue weighted by Crippen LogP contribution is -2.47. The van der Waals surface area contributed by atoms with E-state index in [4.69, 9.17) is 4.74 Å². The molecule has 4 aliphatic rings. The first-order valence-electron chi connectivity index (χ1n) is 14.1. The predicted molar refractivity (Wildman–Crippen MR) is 133 cm³/mol. The Kier molecular flexibility index (Phi) is 7.48. The first-order chi connectivity index (χ1) is 15.2. The molecule has 3 fully saturated rings. The summed E-state index contributed by atoms with van der Waals surface area (Å²) in [4.78, 5) is 11.4. The Balaban J connectivity index is 1.41. The van der Waals surface area contributed by atoms with Gasteiger partial charge in [-0.05, 0) is 104 Å². The first-order valence-corrected chi connectivity index (χ1v) is 14.1. The Labute approximate surface area is 198 Å². The molecule has 0 aromatic rings. The summed E-state index contributed by atoms with van der Waals surface area (Å²) in [6.07, 6.45) is 17.4. The second kappa shape index (κ2) is 9.83. The molecule has 0 bridgehead atoms. The normalized spacial score (nSPS) is 40.7. The zero-order valence-electron chi connectivity index (χ0n) is 21.9. The van der Waals surface area contributed by atoms with Gasteiger partial charge in [-0.15, -0.1) is 0 Å². The van der Waals surface area contributed by atoms with Gasteiger partial charge in [0.2, 0.25) is 0 Å². The van der Waals surface area contributed by atoms with Crippen molar-refractivity contribution in [1.82, 2.24) is 0 Å². The summed E-state index contributed by atoms with van der Waals surface area (Å²) in [6.45, 7) is 14.1. The molecule has 0 aromatic heterocycles. The summed E-state index contributed by atoms with van der Waals surface area (Å²) in [5.74, 6) is 6.95. The van der Waals surface area contributed by atoms with Crippen molar-refractivity contribution in [1.29, 1.82) is 0 Å². The largest absolute Gasteiger partial charge is 0.462 e. The molecule has 4 rings (SSSR count). The molecule has 2 nitrogen and oxygen atoms in total. The fourth-order valence-electron chi connectivity index (χ4n) is 9.23. The Morgan fingerprint density at radius 2 is 1.88 bits per heavy atom. The first kappa shape index (κ1) is 24.3. The summed E-state index contributed by atoms with van der Waals surface area (Å²) < 4.78 is 5.58. The highest BCUT2D eigenvalue weighted by atomic mass is 16.5. The van der Waals surface area contributed by atoms with E-state index in [2.05, 4.69) is 40.7 Å². The molecule has 0 spiro atoms. The topological polar surface area (TPSA) is 26.3 Å². The highest BCUT2D eigenvalue weighted by Crippen LogP contribution is 2.64. The zero-order valence-corrected chi connectivity index (χ0v) is 21.9. The summed E-state index contributed by atoms with van der Waals surface area (Å²) in [6, 6.07) is 0. The number of fused-ring (bicyclic) bond motifs is 5. The fraction of sp³-hybridized carbons (Fsp3) is 0.900. The third-order valence-corrected chi connectivity index (χ3v) is 11.0. The van der Waals surface area contributed by atoms with Crippen molar-refractivity contribution in [3.8, 4) is 0 Å². The van der Waals surface area contributed by atoms with Gasteiger partial charge in [-0.1, -0.05) is 59.1 Å². The average molecular weight is 443 g/mol. The van der Waals surface area contributed by atoms with Crippen molar-refractivity contribution >= 4 is 5.97 Å². The van der Waals surface area contributed by atoms with Crippen LogP contribution in [-0.2, 0) is 9.53 Å². The minimum Gasteiger partial charge on any atom is -0.462 e. The molecule has 32 heavy (non-hydrogen) atoms. The second-order valence-corrected chi connectivity index (χ2v) is 12.8. The molecule has 4 aliphatic carbocycles. The van der Waals surface area contributed by atoms with Crippen LogP contribution in [0.15, 0.2) is 11.6 Å². The van der Waals surface area contributed by atoms with Crippen LogP contribution in [0.5, 0.6) is 0 Å². The van der Waals surface area contributed by atoms with E-state index in [1.54, 1.807) is 12.5 Å². The van der Waals surface area contributed by atoms with Crippen LogP contribution in [0.25, 0.3) is 0 Å². The number of hydrogen-bond donors (Lipinski definition) is 0. The van der Waals surface area contributed by atoms with Gasteiger partial charge < -0.3 is 4.74 Å². The summed E-state index contributed by atoms with van der Waals surface area (Å²) in [5, 5.41) is 0. The van der Waals surface area contributed by atoms with Crippen LogP contribution >= 0.6 is 0 Å². The molecular formula is C30H50O2. The van der Waals surface area contributed by atoms with Gasteiger partial charge in [-0.2, -0.15) is 0 Å². The Bertz CT molecular complexity index is 693. The maximum atomic E-state index is 11.4. The van der Waals surface area contributed by atoms with Crippen molar-refractivity contribution in [2.24, 2.45) is 52.8 Å². The minimum absolute atomic E-state index is 0.110. The molecule has 2 heteroatoms. The van der Waals surface area contributed by atoms with E-state index >= 15 is 0 Å².